The molecule has 0 saturated heterocycles. The Morgan fingerprint density at radius 3 is 2.44 bits per heavy atom. The van der Waals surface area contributed by atoms with Crippen LogP contribution in [0.15, 0.2) is 48.5 Å². The minimum atomic E-state index is -0.576. The summed E-state index contributed by atoms with van der Waals surface area (Å²) in [7, 11) is 0. The molecule has 1 N–H and O–H groups in total. The van der Waals surface area contributed by atoms with Crippen molar-refractivity contribution >= 4 is 35.2 Å². The lowest BCUT2D eigenvalue weighted by Crippen LogP contribution is -2.51. The Kier molecular flexibility index (Phi) is 9.42. The van der Waals surface area contributed by atoms with E-state index in [1.54, 1.807) is 29.2 Å². The average molecular weight is 477 g/mol. The number of nitrogens with one attached hydrogen (secondary N) is 1. The van der Waals surface area contributed by atoms with Crippen LogP contribution in [0.2, 0.25) is 5.02 Å². The zero-order chi connectivity index (χ0) is 22.9. The van der Waals surface area contributed by atoms with Crippen LogP contribution in [0, 0.1) is 5.82 Å². The largest absolute Gasteiger partial charge is 0.352 e. The van der Waals surface area contributed by atoms with Crippen molar-refractivity contribution in [2.24, 2.45) is 0 Å². The second-order valence-electron chi connectivity index (χ2n) is 8.11. The molecule has 172 valence electrons. The first-order valence-electron chi connectivity index (χ1n) is 11.1. The van der Waals surface area contributed by atoms with Gasteiger partial charge in [-0.2, -0.15) is 0 Å². The SMILES string of the molecule is CC[C@H](C(=O)NC1CCCC1)N(Cc1ccccc1Cl)C(=O)CSCc1ccccc1F. The van der Waals surface area contributed by atoms with Gasteiger partial charge in [0.2, 0.25) is 11.8 Å². The summed E-state index contributed by atoms with van der Waals surface area (Å²) in [5, 5.41) is 3.70. The highest BCUT2D eigenvalue weighted by molar-refractivity contribution is 7.99. The Hall–Kier alpha value is -2.05. The molecule has 0 spiro atoms. The molecule has 1 aliphatic rings. The van der Waals surface area contributed by atoms with Gasteiger partial charge in [-0.3, -0.25) is 9.59 Å². The fraction of sp³-hybridized carbons (Fsp3) is 0.440. The van der Waals surface area contributed by atoms with E-state index in [2.05, 4.69) is 5.32 Å². The molecule has 0 aliphatic heterocycles. The third-order valence-corrected chi connectivity index (χ3v) is 7.16. The maximum absolute atomic E-state index is 13.9. The summed E-state index contributed by atoms with van der Waals surface area (Å²) >= 11 is 7.70. The van der Waals surface area contributed by atoms with Crippen molar-refractivity contribution in [3.63, 3.8) is 0 Å². The van der Waals surface area contributed by atoms with Gasteiger partial charge in [0.1, 0.15) is 11.9 Å². The summed E-state index contributed by atoms with van der Waals surface area (Å²) in [6, 6.07) is 13.5. The fourth-order valence-electron chi connectivity index (χ4n) is 4.04. The van der Waals surface area contributed by atoms with Gasteiger partial charge in [-0.1, -0.05) is 67.8 Å². The van der Waals surface area contributed by atoms with E-state index in [1.165, 1.54) is 17.8 Å². The Morgan fingerprint density at radius 1 is 1.12 bits per heavy atom. The van der Waals surface area contributed by atoms with Crippen molar-refractivity contribution in [2.75, 3.05) is 5.75 Å². The van der Waals surface area contributed by atoms with Crippen LogP contribution in [0.25, 0.3) is 0 Å². The van der Waals surface area contributed by atoms with Crippen LogP contribution in [-0.4, -0.2) is 34.6 Å². The van der Waals surface area contributed by atoms with Crippen LogP contribution in [0.1, 0.15) is 50.2 Å². The first-order valence-corrected chi connectivity index (χ1v) is 12.7. The minimum absolute atomic E-state index is 0.112. The van der Waals surface area contributed by atoms with Crippen molar-refractivity contribution in [2.45, 2.75) is 63.4 Å². The van der Waals surface area contributed by atoms with E-state index < -0.39 is 6.04 Å². The Balaban J connectivity index is 1.72. The second-order valence-corrected chi connectivity index (χ2v) is 9.50. The first-order chi connectivity index (χ1) is 15.5. The number of carbonyl (C=O) groups excluding carboxylic acids is 2. The van der Waals surface area contributed by atoms with Gasteiger partial charge in [0, 0.05) is 23.4 Å². The summed E-state index contributed by atoms with van der Waals surface area (Å²) in [6.45, 7) is 2.17. The summed E-state index contributed by atoms with van der Waals surface area (Å²) in [4.78, 5) is 28.0. The third kappa shape index (κ3) is 6.72. The van der Waals surface area contributed by atoms with Crippen LogP contribution in [0.5, 0.6) is 0 Å². The Morgan fingerprint density at radius 2 is 1.78 bits per heavy atom. The van der Waals surface area contributed by atoms with Crippen LogP contribution in [-0.2, 0) is 21.9 Å². The lowest BCUT2D eigenvalue weighted by Gasteiger charge is -2.31. The quantitative estimate of drug-likeness (QED) is 0.487. The highest BCUT2D eigenvalue weighted by atomic mass is 35.5. The monoisotopic (exact) mass is 476 g/mol. The Bertz CT molecular complexity index is 920. The molecule has 7 heteroatoms. The van der Waals surface area contributed by atoms with E-state index >= 15 is 0 Å². The van der Waals surface area contributed by atoms with Gasteiger partial charge in [0.05, 0.1) is 5.75 Å². The standard InChI is InChI=1S/C25H30ClFN2O2S/c1-2-23(25(31)28-20-11-5-6-12-20)29(15-18-9-3-7-13-21(18)26)24(30)17-32-16-19-10-4-8-14-22(19)27/h3-4,7-10,13-14,20,23H,2,5-6,11-12,15-17H2,1H3,(H,28,31)/t23-/m1/s1. The number of halogens is 2. The predicted octanol–water partition coefficient (Wildman–Crippen LogP) is 5.58. The molecule has 1 aliphatic carbocycles. The van der Waals surface area contributed by atoms with Gasteiger partial charge in [0.25, 0.3) is 0 Å². The van der Waals surface area contributed by atoms with Gasteiger partial charge < -0.3 is 10.2 Å². The van der Waals surface area contributed by atoms with Crippen molar-refractivity contribution < 1.29 is 14.0 Å². The second kappa shape index (κ2) is 12.3. The topological polar surface area (TPSA) is 49.4 Å². The number of rotatable bonds is 10. The molecule has 32 heavy (non-hydrogen) atoms. The summed E-state index contributed by atoms with van der Waals surface area (Å²) in [5.74, 6) is 0.0106. The lowest BCUT2D eigenvalue weighted by atomic mass is 10.1. The molecule has 0 unspecified atom stereocenters. The number of carbonyl (C=O) groups is 2. The molecule has 1 fully saturated rings. The van der Waals surface area contributed by atoms with Crippen LogP contribution in [0.4, 0.5) is 4.39 Å². The van der Waals surface area contributed by atoms with Crippen LogP contribution >= 0.6 is 23.4 Å². The van der Waals surface area contributed by atoms with Gasteiger partial charge in [-0.25, -0.2) is 4.39 Å². The molecule has 4 nitrogen and oxygen atoms in total. The van der Waals surface area contributed by atoms with Gasteiger partial charge in [-0.05, 0) is 42.5 Å². The first kappa shape index (κ1) is 24.6. The van der Waals surface area contributed by atoms with Gasteiger partial charge in [-0.15, -0.1) is 11.8 Å². The third-order valence-electron chi connectivity index (χ3n) is 5.83. The number of amides is 2. The number of thioether (sulfide) groups is 1. The molecule has 2 aromatic rings. The van der Waals surface area contributed by atoms with Gasteiger partial charge in [0.15, 0.2) is 0 Å². The summed E-state index contributed by atoms with van der Waals surface area (Å²) < 4.78 is 13.9. The Labute approximate surface area is 198 Å². The zero-order valence-corrected chi connectivity index (χ0v) is 19.9. The smallest absolute Gasteiger partial charge is 0.243 e. The maximum Gasteiger partial charge on any atom is 0.243 e. The predicted molar refractivity (Wildman–Crippen MR) is 129 cm³/mol. The van der Waals surface area contributed by atoms with Gasteiger partial charge >= 0.3 is 0 Å². The molecule has 3 rings (SSSR count). The molecule has 0 bridgehead atoms. The summed E-state index contributed by atoms with van der Waals surface area (Å²) in [6.07, 6.45) is 4.72. The highest BCUT2D eigenvalue weighted by Crippen LogP contribution is 2.23. The van der Waals surface area contributed by atoms with Crippen LogP contribution < -0.4 is 5.32 Å². The van der Waals surface area contributed by atoms with E-state index in [9.17, 15) is 14.0 Å². The molecular weight excluding hydrogens is 447 g/mol. The molecule has 0 radical (unpaired) electrons. The van der Waals surface area contributed by atoms with E-state index in [1.807, 2.05) is 25.1 Å². The number of hydrogen-bond donors (Lipinski definition) is 1. The fourth-order valence-corrected chi connectivity index (χ4v) is 5.14. The van der Waals surface area contributed by atoms with Crippen LogP contribution in [0.3, 0.4) is 0 Å². The normalized spacial score (nSPS) is 14.8. The van der Waals surface area contributed by atoms with E-state index in [0.717, 1.165) is 31.2 Å². The van der Waals surface area contributed by atoms with E-state index in [-0.39, 0.29) is 36.0 Å². The average Bonchev–Trinajstić information content (AvgIpc) is 3.29. The van der Waals surface area contributed by atoms with E-state index in [0.29, 0.717) is 22.8 Å². The number of hydrogen-bond acceptors (Lipinski definition) is 3. The minimum Gasteiger partial charge on any atom is -0.352 e. The van der Waals surface area contributed by atoms with Crippen molar-refractivity contribution in [1.29, 1.82) is 0 Å². The van der Waals surface area contributed by atoms with Crippen molar-refractivity contribution in [1.82, 2.24) is 10.2 Å². The summed E-state index contributed by atoms with van der Waals surface area (Å²) in [5.41, 5.74) is 1.36. The van der Waals surface area contributed by atoms with Crippen molar-refractivity contribution in [3.05, 3.63) is 70.5 Å². The zero-order valence-electron chi connectivity index (χ0n) is 18.4. The molecule has 2 amide bonds. The molecule has 0 aromatic heterocycles. The van der Waals surface area contributed by atoms with E-state index in [4.69, 9.17) is 11.6 Å². The molecule has 0 heterocycles. The molecule has 2 aromatic carbocycles. The lowest BCUT2D eigenvalue weighted by molar-refractivity contribution is -0.139. The number of benzene rings is 2. The molecule has 1 atom stereocenters. The highest BCUT2D eigenvalue weighted by Gasteiger charge is 2.30. The molecule has 1 saturated carbocycles. The molecular formula is C25H30ClFN2O2S. The number of nitrogens with zero attached hydrogens (tertiary/aromatic N) is 1. The maximum atomic E-state index is 13.9. The van der Waals surface area contributed by atoms with Crippen molar-refractivity contribution in [3.8, 4) is 0 Å².